The average Bonchev–Trinajstić information content (AvgIpc) is 2.28. The van der Waals surface area contributed by atoms with E-state index in [0.717, 1.165) is 38.5 Å². The Morgan fingerprint density at radius 3 is 1.69 bits per heavy atom. The molecule has 16 heavy (non-hydrogen) atoms. The molecule has 3 N–H and O–H groups in total. The van der Waals surface area contributed by atoms with Crippen LogP contribution in [-0.2, 0) is 0 Å². The van der Waals surface area contributed by atoms with Gasteiger partial charge in [0.25, 0.3) is 0 Å². The van der Waals surface area contributed by atoms with Gasteiger partial charge in [0.05, 0.1) is 0 Å². The summed E-state index contributed by atoms with van der Waals surface area (Å²) in [5.74, 6) is 0. The number of fused-ring (bicyclic) bond motifs is 2. The van der Waals surface area contributed by atoms with Crippen LogP contribution in [0.3, 0.4) is 0 Å². The molecule has 2 unspecified atom stereocenters. The molecule has 0 aliphatic heterocycles. The van der Waals surface area contributed by atoms with Gasteiger partial charge in [-0.3, -0.25) is 0 Å². The molecule has 2 bridgehead atoms. The lowest BCUT2D eigenvalue weighted by Crippen LogP contribution is -2.52. The number of hydrogen-bond acceptors (Lipinski definition) is 3. The highest BCUT2D eigenvalue weighted by atomic mass is 16.3. The minimum absolute atomic E-state index is 0.0449. The van der Waals surface area contributed by atoms with Gasteiger partial charge in [-0.05, 0) is 48.3 Å². The van der Waals surface area contributed by atoms with Gasteiger partial charge in [0.15, 0.2) is 0 Å². The van der Waals surface area contributed by atoms with E-state index in [1.807, 2.05) is 0 Å². The van der Waals surface area contributed by atoms with Crippen molar-refractivity contribution in [3.05, 3.63) is 0 Å². The lowest BCUT2D eigenvalue weighted by Gasteiger charge is -2.57. The molecule has 0 spiro atoms. The summed E-state index contributed by atoms with van der Waals surface area (Å²) in [6, 6.07) is 0. The Kier molecular flexibility index (Phi) is 3.06. The van der Waals surface area contributed by atoms with Crippen molar-refractivity contribution >= 4 is 0 Å². The van der Waals surface area contributed by atoms with Crippen LogP contribution >= 0.6 is 0 Å². The second-order valence-corrected chi connectivity index (χ2v) is 6.67. The number of hydrogen-bond donors (Lipinski definition) is 3. The predicted molar refractivity (Wildman–Crippen MR) is 61.9 cm³/mol. The molecule has 2 rings (SSSR count). The zero-order chi connectivity index (χ0) is 11.9. The van der Waals surface area contributed by atoms with Crippen LogP contribution in [0.4, 0.5) is 0 Å². The molecule has 0 aromatic heterocycles. The standard InChI is InChI=1S/C13H24O3/c1-11(8-14)5-12(9-15)3-2-4-13(6-11,7-12)10-16/h14-16H,2-10H2,1H3. The normalized spacial score (nSPS) is 48.0. The zero-order valence-electron chi connectivity index (χ0n) is 10.2. The van der Waals surface area contributed by atoms with Crippen LogP contribution in [0.2, 0.25) is 0 Å². The highest BCUT2D eigenvalue weighted by Crippen LogP contribution is 2.60. The summed E-state index contributed by atoms with van der Waals surface area (Å²) in [5.41, 5.74) is -0.211. The van der Waals surface area contributed by atoms with Gasteiger partial charge in [-0.25, -0.2) is 0 Å². The van der Waals surface area contributed by atoms with Crippen LogP contribution in [0.5, 0.6) is 0 Å². The van der Waals surface area contributed by atoms with Gasteiger partial charge >= 0.3 is 0 Å². The third-order valence-electron chi connectivity index (χ3n) is 4.82. The fourth-order valence-corrected chi connectivity index (χ4v) is 4.48. The largest absolute Gasteiger partial charge is 0.396 e. The van der Waals surface area contributed by atoms with Gasteiger partial charge in [-0.1, -0.05) is 13.3 Å². The Morgan fingerprint density at radius 2 is 1.31 bits per heavy atom. The topological polar surface area (TPSA) is 60.7 Å². The van der Waals surface area contributed by atoms with E-state index in [9.17, 15) is 15.3 Å². The van der Waals surface area contributed by atoms with Gasteiger partial charge in [-0.2, -0.15) is 0 Å². The molecule has 2 aliphatic rings. The molecular weight excluding hydrogens is 204 g/mol. The third kappa shape index (κ3) is 1.89. The Bertz CT molecular complexity index is 238. The Morgan fingerprint density at radius 1 is 0.812 bits per heavy atom. The summed E-state index contributed by atoms with van der Waals surface area (Å²) in [6.07, 6.45) is 5.91. The van der Waals surface area contributed by atoms with Crippen LogP contribution in [0.1, 0.15) is 45.4 Å². The molecule has 94 valence electrons. The SMILES string of the molecule is CC1(CO)CC2(CO)CCCC(CO)(C1)C2. The summed E-state index contributed by atoms with van der Waals surface area (Å²) in [7, 11) is 0. The molecule has 0 saturated heterocycles. The second kappa shape index (κ2) is 3.97. The van der Waals surface area contributed by atoms with E-state index >= 15 is 0 Å². The molecule has 3 nitrogen and oxygen atoms in total. The molecular formula is C13H24O3. The van der Waals surface area contributed by atoms with Crippen LogP contribution in [0.25, 0.3) is 0 Å². The van der Waals surface area contributed by atoms with Crippen molar-refractivity contribution in [2.45, 2.75) is 45.4 Å². The van der Waals surface area contributed by atoms with Crippen LogP contribution < -0.4 is 0 Å². The minimum atomic E-state index is -0.121. The summed E-state index contributed by atoms with van der Waals surface area (Å²) < 4.78 is 0. The highest BCUT2D eigenvalue weighted by molar-refractivity contribution is 5.04. The molecule has 0 aromatic rings. The van der Waals surface area contributed by atoms with E-state index in [1.54, 1.807) is 0 Å². The molecule has 2 aliphatic carbocycles. The van der Waals surface area contributed by atoms with Crippen molar-refractivity contribution < 1.29 is 15.3 Å². The van der Waals surface area contributed by atoms with Gasteiger partial charge in [0, 0.05) is 19.8 Å². The first-order valence-electron chi connectivity index (χ1n) is 6.34. The van der Waals surface area contributed by atoms with Crippen molar-refractivity contribution in [3.8, 4) is 0 Å². The Hall–Kier alpha value is -0.120. The van der Waals surface area contributed by atoms with E-state index in [0.29, 0.717) is 0 Å². The predicted octanol–water partition coefficient (Wildman–Crippen LogP) is 1.31. The average molecular weight is 228 g/mol. The first kappa shape index (κ1) is 12.3. The monoisotopic (exact) mass is 228 g/mol. The quantitative estimate of drug-likeness (QED) is 0.682. The molecule has 0 radical (unpaired) electrons. The second-order valence-electron chi connectivity index (χ2n) is 6.67. The van der Waals surface area contributed by atoms with Gasteiger partial charge in [0.1, 0.15) is 0 Å². The van der Waals surface area contributed by atoms with Crippen LogP contribution in [0.15, 0.2) is 0 Å². The summed E-state index contributed by atoms with van der Waals surface area (Å²) in [5, 5.41) is 28.9. The van der Waals surface area contributed by atoms with Crippen molar-refractivity contribution in [3.63, 3.8) is 0 Å². The van der Waals surface area contributed by atoms with Crippen molar-refractivity contribution in [2.75, 3.05) is 19.8 Å². The lowest BCUT2D eigenvalue weighted by atomic mass is 9.49. The Balaban J connectivity index is 2.30. The van der Waals surface area contributed by atoms with E-state index in [4.69, 9.17) is 0 Å². The van der Waals surface area contributed by atoms with Crippen molar-refractivity contribution in [1.29, 1.82) is 0 Å². The summed E-state index contributed by atoms with van der Waals surface area (Å²) >= 11 is 0. The smallest absolute Gasteiger partial charge is 0.0487 e. The van der Waals surface area contributed by atoms with E-state index in [2.05, 4.69) is 6.92 Å². The maximum Gasteiger partial charge on any atom is 0.0487 e. The Labute approximate surface area is 97.5 Å². The maximum atomic E-state index is 9.67. The third-order valence-corrected chi connectivity index (χ3v) is 4.82. The minimum Gasteiger partial charge on any atom is -0.396 e. The molecule has 2 atom stereocenters. The fourth-order valence-electron chi connectivity index (χ4n) is 4.48. The van der Waals surface area contributed by atoms with E-state index in [-0.39, 0.29) is 36.1 Å². The van der Waals surface area contributed by atoms with Crippen molar-refractivity contribution in [2.24, 2.45) is 16.2 Å². The van der Waals surface area contributed by atoms with Gasteiger partial charge in [-0.15, -0.1) is 0 Å². The fraction of sp³-hybridized carbons (Fsp3) is 1.00. The molecule has 3 heteroatoms. The highest BCUT2D eigenvalue weighted by Gasteiger charge is 2.54. The lowest BCUT2D eigenvalue weighted by molar-refractivity contribution is -0.124. The van der Waals surface area contributed by atoms with Gasteiger partial charge < -0.3 is 15.3 Å². The molecule has 2 saturated carbocycles. The number of aliphatic hydroxyl groups is 3. The summed E-state index contributed by atoms with van der Waals surface area (Å²) in [6.45, 7) is 2.65. The first-order valence-corrected chi connectivity index (χ1v) is 6.34. The molecule has 0 heterocycles. The zero-order valence-corrected chi connectivity index (χ0v) is 10.2. The van der Waals surface area contributed by atoms with E-state index in [1.165, 1.54) is 0 Å². The van der Waals surface area contributed by atoms with Crippen molar-refractivity contribution in [1.82, 2.24) is 0 Å². The number of rotatable bonds is 3. The number of aliphatic hydroxyl groups excluding tert-OH is 3. The maximum absolute atomic E-state index is 9.67. The van der Waals surface area contributed by atoms with Crippen LogP contribution in [-0.4, -0.2) is 35.1 Å². The molecule has 2 fully saturated rings. The van der Waals surface area contributed by atoms with Gasteiger partial charge in [0.2, 0.25) is 0 Å². The first-order chi connectivity index (χ1) is 7.51. The molecule has 0 amide bonds. The van der Waals surface area contributed by atoms with E-state index < -0.39 is 0 Å². The molecule has 0 aromatic carbocycles. The van der Waals surface area contributed by atoms with Crippen LogP contribution in [0, 0.1) is 16.2 Å². The summed E-state index contributed by atoms with van der Waals surface area (Å²) in [4.78, 5) is 0.